The Labute approximate surface area is 164 Å². The molecule has 0 spiro atoms. The van der Waals surface area contributed by atoms with Crippen LogP contribution in [0.15, 0.2) is 42.5 Å². The van der Waals surface area contributed by atoms with Gasteiger partial charge < -0.3 is 5.32 Å². The van der Waals surface area contributed by atoms with Crippen molar-refractivity contribution in [2.45, 2.75) is 19.9 Å². The molecule has 0 radical (unpaired) electrons. The molecule has 8 heteroatoms. The second kappa shape index (κ2) is 7.66. The quantitative estimate of drug-likeness (QED) is 0.638. The number of carbonyl (C=O) groups excluding carboxylic acids is 1. The lowest BCUT2D eigenvalue weighted by Crippen LogP contribution is -2.27. The number of amides is 1. The molecule has 0 aliphatic rings. The van der Waals surface area contributed by atoms with Crippen molar-refractivity contribution in [2.75, 3.05) is 0 Å². The van der Waals surface area contributed by atoms with Crippen LogP contribution in [-0.2, 0) is 0 Å². The topological polar surface area (TPSA) is 46.9 Å². The van der Waals surface area contributed by atoms with Crippen molar-refractivity contribution >= 4 is 29.1 Å². The Kier molecular flexibility index (Phi) is 5.48. The molecule has 0 bridgehead atoms. The smallest absolute Gasteiger partial charge is 0.256 e. The molecule has 2 aromatic carbocycles. The number of carbonyl (C=O) groups is 1. The maximum Gasteiger partial charge on any atom is 0.256 e. The molecule has 0 aliphatic carbocycles. The molecule has 0 saturated carbocycles. The first kappa shape index (κ1) is 19.3. The van der Waals surface area contributed by atoms with E-state index in [0.717, 1.165) is 0 Å². The third-order valence-corrected chi connectivity index (χ3v) is 4.73. The standard InChI is InChI=1S/C19H15Cl2F2N3O/c1-10(12-3-8-16(23)15(20)9-12)24-19(27)17-11(2)25-26(18(17)21)14-6-4-13(22)5-7-14/h3-10H,1-2H3,(H,24,27). The SMILES string of the molecule is Cc1nn(-c2ccc(F)cc2)c(Cl)c1C(=O)NC(C)c1ccc(F)c(Cl)c1. The Morgan fingerprint density at radius 1 is 1.15 bits per heavy atom. The number of hydrogen-bond acceptors (Lipinski definition) is 2. The van der Waals surface area contributed by atoms with E-state index in [-0.39, 0.29) is 21.6 Å². The number of nitrogens with one attached hydrogen (secondary N) is 1. The summed E-state index contributed by atoms with van der Waals surface area (Å²) in [5.74, 6) is -1.35. The van der Waals surface area contributed by atoms with Crippen molar-refractivity contribution < 1.29 is 13.6 Å². The maximum absolute atomic E-state index is 13.3. The number of benzene rings is 2. The molecular weight excluding hydrogens is 395 g/mol. The van der Waals surface area contributed by atoms with Crippen molar-refractivity contribution in [1.29, 1.82) is 0 Å². The van der Waals surface area contributed by atoms with Crippen LogP contribution in [0.2, 0.25) is 10.2 Å². The molecule has 1 aromatic heterocycles. The minimum absolute atomic E-state index is 0.0214. The molecule has 1 unspecified atom stereocenters. The number of halogens is 4. The molecule has 27 heavy (non-hydrogen) atoms. The van der Waals surface area contributed by atoms with Gasteiger partial charge in [0.1, 0.15) is 16.8 Å². The summed E-state index contributed by atoms with van der Waals surface area (Å²) >= 11 is 12.1. The summed E-state index contributed by atoms with van der Waals surface area (Å²) in [6.45, 7) is 3.40. The average Bonchev–Trinajstić information content (AvgIpc) is 2.92. The van der Waals surface area contributed by atoms with Crippen LogP contribution in [-0.4, -0.2) is 15.7 Å². The van der Waals surface area contributed by atoms with Crippen molar-refractivity contribution in [2.24, 2.45) is 0 Å². The largest absolute Gasteiger partial charge is 0.345 e. The molecular formula is C19H15Cl2F2N3O. The van der Waals surface area contributed by atoms with Crippen LogP contribution in [0.3, 0.4) is 0 Å². The summed E-state index contributed by atoms with van der Waals surface area (Å²) in [6, 6.07) is 9.40. The van der Waals surface area contributed by atoms with Crippen LogP contribution < -0.4 is 5.32 Å². The van der Waals surface area contributed by atoms with Crippen LogP contribution >= 0.6 is 23.2 Å². The zero-order valence-electron chi connectivity index (χ0n) is 14.4. The van der Waals surface area contributed by atoms with Gasteiger partial charge in [-0.25, -0.2) is 13.5 Å². The highest BCUT2D eigenvalue weighted by Crippen LogP contribution is 2.25. The number of hydrogen-bond donors (Lipinski definition) is 1. The molecule has 0 fully saturated rings. The van der Waals surface area contributed by atoms with Gasteiger partial charge in [0.2, 0.25) is 0 Å². The van der Waals surface area contributed by atoms with Crippen molar-refractivity contribution in [3.05, 3.63) is 81.1 Å². The van der Waals surface area contributed by atoms with Gasteiger partial charge in [-0.3, -0.25) is 4.79 Å². The van der Waals surface area contributed by atoms with Crippen molar-refractivity contribution in [3.8, 4) is 5.69 Å². The highest BCUT2D eigenvalue weighted by molar-refractivity contribution is 6.33. The van der Waals surface area contributed by atoms with Crippen molar-refractivity contribution in [3.63, 3.8) is 0 Å². The summed E-state index contributed by atoms with van der Waals surface area (Å²) in [5.41, 5.74) is 1.81. The highest BCUT2D eigenvalue weighted by Gasteiger charge is 2.23. The predicted molar refractivity (Wildman–Crippen MR) is 101 cm³/mol. The normalized spacial score (nSPS) is 12.1. The summed E-state index contributed by atoms with van der Waals surface area (Å²) in [6.07, 6.45) is 0. The number of nitrogens with zero attached hydrogens (tertiary/aromatic N) is 2. The minimum Gasteiger partial charge on any atom is -0.345 e. The fourth-order valence-electron chi connectivity index (χ4n) is 2.64. The zero-order chi connectivity index (χ0) is 19.7. The third-order valence-electron chi connectivity index (χ3n) is 4.09. The number of rotatable bonds is 4. The van der Waals surface area contributed by atoms with E-state index in [4.69, 9.17) is 23.2 Å². The van der Waals surface area contributed by atoms with Gasteiger partial charge in [0, 0.05) is 0 Å². The van der Waals surface area contributed by atoms with Gasteiger partial charge in [0.05, 0.1) is 28.0 Å². The van der Waals surface area contributed by atoms with Gasteiger partial charge in [-0.2, -0.15) is 5.10 Å². The van der Waals surface area contributed by atoms with Gasteiger partial charge in [0.15, 0.2) is 0 Å². The van der Waals surface area contributed by atoms with Crippen molar-refractivity contribution in [1.82, 2.24) is 15.1 Å². The number of aryl methyl sites for hydroxylation is 1. The fourth-order valence-corrected chi connectivity index (χ4v) is 3.19. The maximum atomic E-state index is 13.3. The van der Waals surface area contributed by atoms with Crippen LogP contribution in [0.5, 0.6) is 0 Å². The Morgan fingerprint density at radius 3 is 2.44 bits per heavy atom. The molecule has 1 heterocycles. The van der Waals surface area contributed by atoms with Crippen LogP contribution in [0, 0.1) is 18.6 Å². The molecule has 3 rings (SSSR count). The molecule has 0 aliphatic heterocycles. The van der Waals surface area contributed by atoms with Gasteiger partial charge in [-0.1, -0.05) is 29.3 Å². The first-order chi connectivity index (χ1) is 12.8. The van der Waals surface area contributed by atoms with Gasteiger partial charge >= 0.3 is 0 Å². The predicted octanol–water partition coefficient (Wildman–Crippen LogP) is 5.26. The van der Waals surface area contributed by atoms with E-state index in [2.05, 4.69) is 10.4 Å². The second-order valence-corrected chi connectivity index (χ2v) is 6.77. The second-order valence-electron chi connectivity index (χ2n) is 6.01. The summed E-state index contributed by atoms with van der Waals surface area (Å²) < 4.78 is 27.8. The Balaban J connectivity index is 1.86. The lowest BCUT2D eigenvalue weighted by Gasteiger charge is -2.15. The molecule has 1 N–H and O–H groups in total. The first-order valence-electron chi connectivity index (χ1n) is 8.04. The lowest BCUT2D eigenvalue weighted by molar-refractivity contribution is 0.0939. The minimum atomic E-state index is -0.529. The monoisotopic (exact) mass is 409 g/mol. The van der Waals surface area contributed by atoms with E-state index in [1.54, 1.807) is 19.9 Å². The highest BCUT2D eigenvalue weighted by atomic mass is 35.5. The van der Waals surface area contributed by atoms with Crippen LogP contribution in [0.1, 0.15) is 34.6 Å². The summed E-state index contributed by atoms with van der Waals surface area (Å²) in [4.78, 5) is 12.7. The van der Waals surface area contributed by atoms with E-state index in [1.807, 2.05) is 0 Å². The molecule has 3 aromatic rings. The van der Waals surface area contributed by atoms with Gasteiger partial charge in [-0.05, 0) is 55.8 Å². The Hall–Kier alpha value is -2.44. The van der Waals surface area contributed by atoms with Gasteiger partial charge in [-0.15, -0.1) is 0 Å². The Bertz CT molecular complexity index is 1000. The molecule has 140 valence electrons. The number of aromatic nitrogens is 2. The average molecular weight is 410 g/mol. The van der Waals surface area contributed by atoms with E-state index < -0.39 is 17.8 Å². The molecule has 1 atom stereocenters. The first-order valence-corrected chi connectivity index (χ1v) is 8.80. The third kappa shape index (κ3) is 3.96. The summed E-state index contributed by atoms with van der Waals surface area (Å²) in [5, 5.41) is 7.16. The van der Waals surface area contributed by atoms with Crippen LogP contribution in [0.4, 0.5) is 8.78 Å². The van der Waals surface area contributed by atoms with Crippen LogP contribution in [0.25, 0.3) is 5.69 Å². The zero-order valence-corrected chi connectivity index (χ0v) is 15.9. The van der Waals surface area contributed by atoms with E-state index >= 15 is 0 Å². The molecule has 0 saturated heterocycles. The van der Waals surface area contributed by atoms with E-state index in [1.165, 1.54) is 41.1 Å². The van der Waals surface area contributed by atoms with E-state index in [0.29, 0.717) is 16.9 Å². The summed E-state index contributed by atoms with van der Waals surface area (Å²) in [7, 11) is 0. The Morgan fingerprint density at radius 2 is 1.81 bits per heavy atom. The molecule has 1 amide bonds. The fraction of sp³-hybridized carbons (Fsp3) is 0.158. The van der Waals surface area contributed by atoms with Gasteiger partial charge in [0.25, 0.3) is 5.91 Å². The van der Waals surface area contributed by atoms with E-state index in [9.17, 15) is 13.6 Å². The molecule has 4 nitrogen and oxygen atoms in total. The lowest BCUT2D eigenvalue weighted by atomic mass is 10.1.